The molecule has 7 nitrogen and oxygen atoms in total. The van der Waals surface area contributed by atoms with E-state index in [9.17, 15) is 4.79 Å². The van der Waals surface area contributed by atoms with E-state index in [1.54, 1.807) is 0 Å². The predicted molar refractivity (Wildman–Crippen MR) is 108 cm³/mol. The summed E-state index contributed by atoms with van der Waals surface area (Å²) in [7, 11) is -4.67. The zero-order valence-electron chi connectivity index (χ0n) is 16.4. The van der Waals surface area contributed by atoms with E-state index in [0.29, 0.717) is 6.42 Å². The summed E-state index contributed by atoms with van der Waals surface area (Å²) in [4.78, 5) is 10.5. The van der Waals surface area contributed by atoms with Crippen LogP contribution in [0, 0.1) is 0 Å². The number of hydrogen-bond acceptors (Lipinski definition) is 4. The van der Waals surface area contributed by atoms with Gasteiger partial charge in [-0.15, -0.1) is 0 Å². The highest BCUT2D eigenvalue weighted by atomic mass is 32.3. The van der Waals surface area contributed by atoms with Crippen LogP contribution in [-0.4, -0.2) is 23.4 Å². The number of allylic oxidation sites excluding steroid dienone is 2. The molecule has 0 aromatic carbocycles. The van der Waals surface area contributed by atoms with Gasteiger partial charge >= 0.3 is 10.4 Å². The number of hydrogen-bond donors (Lipinski definition) is 4. The van der Waals surface area contributed by atoms with Crippen molar-refractivity contribution in [3.8, 4) is 0 Å². The molecule has 0 aliphatic carbocycles. The first-order valence-electron chi connectivity index (χ1n) is 9.40. The van der Waals surface area contributed by atoms with E-state index in [-0.39, 0.29) is 12.1 Å². The molecule has 0 rings (SSSR count). The van der Waals surface area contributed by atoms with Crippen molar-refractivity contribution < 1.29 is 22.3 Å². The first kappa shape index (κ1) is 29.8. The number of carbonyl (C=O) groups excluding carboxylic acids is 1. The lowest BCUT2D eigenvalue weighted by molar-refractivity contribution is -0.118. The van der Waals surface area contributed by atoms with Crippen LogP contribution in [0.4, 0.5) is 0 Å². The summed E-state index contributed by atoms with van der Waals surface area (Å²) >= 11 is 0. The monoisotopic (exact) mass is 396 g/mol. The zero-order valence-corrected chi connectivity index (χ0v) is 17.2. The predicted octanol–water partition coefficient (Wildman–Crippen LogP) is 5.02. The fourth-order valence-electron chi connectivity index (χ4n) is 2.37. The summed E-state index contributed by atoms with van der Waals surface area (Å²) in [5.41, 5.74) is 5.10. The Morgan fingerprint density at radius 3 is 1.54 bits per heavy atom. The molecule has 0 saturated carbocycles. The summed E-state index contributed by atoms with van der Waals surface area (Å²) in [6.07, 6.45) is 21.9. The van der Waals surface area contributed by atoms with Crippen molar-refractivity contribution in [2.24, 2.45) is 5.73 Å². The third-order valence-corrected chi connectivity index (χ3v) is 3.68. The summed E-state index contributed by atoms with van der Waals surface area (Å²) in [5.74, 6) is -0.164. The maximum atomic E-state index is 10.5. The van der Waals surface area contributed by atoms with E-state index >= 15 is 0 Å². The van der Waals surface area contributed by atoms with Crippen LogP contribution in [0.15, 0.2) is 12.2 Å². The zero-order chi connectivity index (χ0) is 19.4. The molecule has 0 unspecified atom stereocenters. The Kier molecular flexibility index (Phi) is 25.3. The van der Waals surface area contributed by atoms with Crippen LogP contribution in [0.1, 0.15) is 96.8 Å². The Hall–Kier alpha value is -0.960. The lowest BCUT2D eigenvalue weighted by Gasteiger charge is -1.99. The lowest BCUT2D eigenvalue weighted by atomic mass is 10.1. The van der Waals surface area contributed by atoms with Gasteiger partial charge in [-0.3, -0.25) is 13.9 Å². The van der Waals surface area contributed by atoms with Gasteiger partial charge in [-0.05, 0) is 32.1 Å². The summed E-state index contributed by atoms with van der Waals surface area (Å²) < 4.78 is 31.6. The van der Waals surface area contributed by atoms with Gasteiger partial charge in [-0.1, -0.05) is 70.4 Å². The van der Waals surface area contributed by atoms with E-state index in [4.69, 9.17) is 23.3 Å². The molecule has 0 heterocycles. The van der Waals surface area contributed by atoms with Crippen molar-refractivity contribution in [3.05, 3.63) is 12.2 Å². The van der Waals surface area contributed by atoms with Gasteiger partial charge in [0.25, 0.3) is 0 Å². The molecule has 0 aliphatic heterocycles. The average molecular weight is 397 g/mol. The Bertz CT molecular complexity index is 417. The van der Waals surface area contributed by atoms with E-state index < -0.39 is 10.4 Å². The third-order valence-electron chi connectivity index (χ3n) is 3.68. The number of unbranched alkanes of at least 4 members (excludes halogenated alkanes) is 11. The molecular formula is C18H40N2O5S. The Labute approximate surface area is 160 Å². The van der Waals surface area contributed by atoms with Gasteiger partial charge in [0, 0.05) is 6.42 Å². The molecule has 0 spiro atoms. The van der Waals surface area contributed by atoms with Crippen LogP contribution in [0.25, 0.3) is 0 Å². The highest BCUT2D eigenvalue weighted by Gasteiger charge is 1.94. The average Bonchev–Trinajstić information content (AvgIpc) is 2.49. The van der Waals surface area contributed by atoms with Crippen LogP contribution in [-0.2, 0) is 15.2 Å². The molecule has 158 valence electrons. The van der Waals surface area contributed by atoms with Crippen LogP contribution >= 0.6 is 0 Å². The Morgan fingerprint density at radius 1 is 0.808 bits per heavy atom. The van der Waals surface area contributed by atoms with Crippen LogP contribution in [0.2, 0.25) is 0 Å². The van der Waals surface area contributed by atoms with Gasteiger partial charge in [0.15, 0.2) is 0 Å². The summed E-state index contributed by atoms with van der Waals surface area (Å²) in [6.45, 7) is 2.26. The second-order valence-corrected chi connectivity index (χ2v) is 7.14. The molecule has 0 radical (unpaired) electrons. The number of primary amides is 1. The molecule has 0 atom stereocenters. The van der Waals surface area contributed by atoms with Crippen molar-refractivity contribution in [1.29, 1.82) is 0 Å². The molecule has 0 aromatic rings. The fourth-order valence-corrected chi connectivity index (χ4v) is 2.37. The van der Waals surface area contributed by atoms with Gasteiger partial charge in [0.05, 0.1) is 0 Å². The minimum Gasteiger partial charge on any atom is -0.370 e. The summed E-state index contributed by atoms with van der Waals surface area (Å²) in [6, 6.07) is 0. The molecule has 1 amide bonds. The SMILES string of the molecule is CCCCCCCC/C=C\CCCCCCCC(N)=O.N.O=S(=O)(O)O. The van der Waals surface area contributed by atoms with Gasteiger partial charge in [-0.2, -0.15) is 8.42 Å². The van der Waals surface area contributed by atoms with Gasteiger partial charge in [0.2, 0.25) is 5.91 Å². The van der Waals surface area contributed by atoms with Crippen molar-refractivity contribution in [2.45, 2.75) is 96.8 Å². The fraction of sp³-hybridized carbons (Fsp3) is 0.833. The number of carbonyl (C=O) groups is 1. The normalized spacial score (nSPS) is 10.9. The second-order valence-electron chi connectivity index (χ2n) is 6.25. The molecule has 0 bridgehead atoms. The first-order valence-corrected chi connectivity index (χ1v) is 10.8. The van der Waals surface area contributed by atoms with E-state index in [1.165, 1.54) is 70.6 Å². The number of nitrogens with two attached hydrogens (primary N) is 1. The number of amides is 1. The smallest absolute Gasteiger partial charge is 0.370 e. The second kappa shape index (κ2) is 22.1. The van der Waals surface area contributed by atoms with Crippen molar-refractivity contribution in [2.75, 3.05) is 0 Å². The van der Waals surface area contributed by atoms with Crippen LogP contribution in [0.5, 0.6) is 0 Å². The molecule has 26 heavy (non-hydrogen) atoms. The van der Waals surface area contributed by atoms with Crippen molar-refractivity contribution >= 4 is 16.3 Å². The van der Waals surface area contributed by atoms with E-state index in [2.05, 4.69) is 19.1 Å². The largest absolute Gasteiger partial charge is 0.394 e. The molecule has 0 fully saturated rings. The van der Waals surface area contributed by atoms with Gasteiger partial charge in [0.1, 0.15) is 0 Å². The van der Waals surface area contributed by atoms with E-state index in [1.807, 2.05) is 0 Å². The van der Waals surface area contributed by atoms with Crippen LogP contribution in [0.3, 0.4) is 0 Å². The maximum Gasteiger partial charge on any atom is 0.394 e. The topological polar surface area (TPSA) is 153 Å². The van der Waals surface area contributed by atoms with E-state index in [0.717, 1.165) is 12.8 Å². The highest BCUT2D eigenvalue weighted by Crippen LogP contribution is 2.09. The summed E-state index contributed by atoms with van der Waals surface area (Å²) in [5, 5.41) is 0. The molecular weight excluding hydrogens is 356 g/mol. The molecule has 0 aliphatic rings. The minimum atomic E-state index is -4.67. The highest BCUT2D eigenvalue weighted by molar-refractivity contribution is 7.79. The van der Waals surface area contributed by atoms with Gasteiger partial charge < -0.3 is 11.9 Å². The van der Waals surface area contributed by atoms with Gasteiger partial charge in [-0.25, -0.2) is 0 Å². The molecule has 8 heteroatoms. The number of rotatable bonds is 15. The van der Waals surface area contributed by atoms with Crippen LogP contribution < -0.4 is 11.9 Å². The standard InChI is InChI=1S/C18H35NO.H3N.H2O4S/c1-2-3-4-5-6-7-8-9-10-11-12-13-14-15-16-17-18(19)20;;1-5(2,3)4/h9-10H,2-8,11-17H2,1H3,(H2,19,20);1H3;(H2,1,2,3,4)/b10-9-;;. The quantitative estimate of drug-likeness (QED) is 0.173. The molecule has 0 saturated heterocycles. The minimum absolute atomic E-state index is 0. The molecule has 0 aromatic heterocycles. The van der Waals surface area contributed by atoms with Crippen molar-refractivity contribution in [3.63, 3.8) is 0 Å². The first-order chi connectivity index (χ1) is 11.8. The molecule has 7 N–H and O–H groups in total. The Balaban J connectivity index is -0.000000772. The lowest BCUT2D eigenvalue weighted by Crippen LogP contribution is -2.09. The van der Waals surface area contributed by atoms with Crippen molar-refractivity contribution in [1.82, 2.24) is 6.15 Å². The third kappa shape index (κ3) is 43.5. The Morgan fingerprint density at radius 2 is 1.15 bits per heavy atom. The maximum absolute atomic E-state index is 10.5.